The third-order valence-electron chi connectivity index (χ3n) is 6.49. The first-order valence-electron chi connectivity index (χ1n) is 11.5. The molecule has 13 nitrogen and oxygen atoms in total. The number of nitrogens with zero attached hydrogens (tertiary/aromatic N) is 5. The van der Waals surface area contributed by atoms with Gasteiger partial charge in [0.05, 0.1) is 6.33 Å². The van der Waals surface area contributed by atoms with Crippen LogP contribution in [0.2, 0.25) is 0 Å². The number of aliphatic hydroxyl groups excluding tert-OH is 2. The van der Waals surface area contributed by atoms with Gasteiger partial charge in [0.25, 0.3) is 0 Å². The lowest BCUT2D eigenvalue weighted by Gasteiger charge is -2.27. The molecule has 4 aromatic rings. The number of aromatic nitrogens is 5. The Bertz CT molecular complexity index is 1340. The maximum atomic E-state index is 11.3. The van der Waals surface area contributed by atoms with Crippen LogP contribution >= 0.6 is 0 Å². The predicted molar refractivity (Wildman–Crippen MR) is 129 cm³/mol. The summed E-state index contributed by atoms with van der Waals surface area (Å²) in [6, 6.07) is 8.85. The molecule has 3 aromatic heterocycles. The van der Waals surface area contributed by atoms with Gasteiger partial charge in [-0.3, -0.25) is 14.3 Å². The summed E-state index contributed by atoms with van der Waals surface area (Å²) in [6.45, 7) is 1.00. The molecule has 4 heterocycles. The van der Waals surface area contributed by atoms with Crippen LogP contribution in [0.15, 0.2) is 43.0 Å². The van der Waals surface area contributed by atoms with Gasteiger partial charge >= 0.3 is 5.97 Å². The Hall–Kier alpha value is -3.62. The molecule has 0 aliphatic carbocycles. The molecule has 1 aliphatic heterocycles. The Balaban J connectivity index is 1.35. The van der Waals surface area contributed by atoms with Crippen LogP contribution in [0.4, 0.5) is 5.82 Å². The molecule has 0 unspecified atom stereocenters. The number of nitrogens with two attached hydrogens (primary N) is 2. The van der Waals surface area contributed by atoms with Gasteiger partial charge in [0, 0.05) is 30.8 Å². The van der Waals surface area contributed by atoms with Crippen molar-refractivity contribution in [3.63, 3.8) is 0 Å². The summed E-state index contributed by atoms with van der Waals surface area (Å²) >= 11 is 0. The molecular weight excluding hydrogens is 468 g/mol. The molecule has 1 aliphatic rings. The fraction of sp³-hybridized carbons (Fsp3) is 0.391. The molecule has 190 valence electrons. The number of nitrogen functional groups attached to an aromatic ring is 1. The number of imidazole rings is 1. The number of fused-ring (bicyclic) bond motifs is 2. The molecule has 8 N–H and O–H groups in total. The number of carboxylic acid groups (broad SMARTS) is 1. The van der Waals surface area contributed by atoms with E-state index in [1.807, 2.05) is 35.2 Å². The quantitative estimate of drug-likeness (QED) is 0.179. The van der Waals surface area contributed by atoms with Crippen molar-refractivity contribution in [3.8, 4) is 0 Å². The average molecular weight is 497 g/mol. The number of aliphatic hydroxyl groups is 2. The number of hydrogen-bond donors (Lipinski definition) is 6. The average Bonchev–Trinajstić information content (AvgIpc) is 3.54. The molecular formula is C23H28N8O5. The number of aromatic amines is 1. The van der Waals surface area contributed by atoms with Gasteiger partial charge in [-0.1, -0.05) is 18.2 Å². The van der Waals surface area contributed by atoms with Crippen LogP contribution in [0.25, 0.3) is 22.1 Å². The number of nitrogens with one attached hydrogen (secondary N) is 1. The predicted octanol–water partition coefficient (Wildman–Crippen LogP) is -0.187. The Morgan fingerprint density at radius 3 is 2.81 bits per heavy atom. The molecule has 1 aromatic carbocycles. The second-order valence-electron chi connectivity index (χ2n) is 8.98. The van der Waals surface area contributed by atoms with Crippen molar-refractivity contribution in [3.05, 3.63) is 48.7 Å². The normalized spacial score (nSPS) is 23.1. The standard InChI is InChI=1S/C23H28N8O5/c24-14(23(34)35)5-6-30(8-13-7-12-3-1-2-4-15(12)29-13)9-16-18(32)19(33)22(36-16)31-11-28-17-20(25)26-10-27-21(17)31/h1-4,7,10-11,14,16,18-19,22,29,32-33H,5-6,8-9,24H2,(H,34,35)(H2,25,26,27)/t14-,16+,18+,19+,22+/m0/s1. The summed E-state index contributed by atoms with van der Waals surface area (Å²) in [5.41, 5.74) is 14.2. The molecule has 1 saturated heterocycles. The van der Waals surface area contributed by atoms with Crippen molar-refractivity contribution >= 4 is 33.9 Å². The topological polar surface area (TPSA) is 202 Å². The minimum Gasteiger partial charge on any atom is -0.480 e. The lowest BCUT2D eigenvalue weighted by molar-refractivity contribution is -0.138. The maximum Gasteiger partial charge on any atom is 0.320 e. The van der Waals surface area contributed by atoms with Crippen molar-refractivity contribution in [1.82, 2.24) is 29.4 Å². The number of carbonyl (C=O) groups is 1. The summed E-state index contributed by atoms with van der Waals surface area (Å²) < 4.78 is 7.60. The summed E-state index contributed by atoms with van der Waals surface area (Å²) in [4.78, 5) is 28.9. The van der Waals surface area contributed by atoms with Crippen molar-refractivity contribution in [2.24, 2.45) is 5.73 Å². The van der Waals surface area contributed by atoms with E-state index in [9.17, 15) is 20.1 Å². The number of aliphatic carboxylic acids is 1. The van der Waals surface area contributed by atoms with E-state index in [2.05, 4.69) is 19.9 Å². The highest BCUT2D eigenvalue weighted by Crippen LogP contribution is 2.32. The Morgan fingerprint density at radius 2 is 2.03 bits per heavy atom. The smallest absolute Gasteiger partial charge is 0.320 e. The molecule has 0 saturated carbocycles. The lowest BCUT2D eigenvalue weighted by atomic mass is 10.1. The van der Waals surface area contributed by atoms with Crippen LogP contribution in [-0.4, -0.2) is 88.1 Å². The van der Waals surface area contributed by atoms with Crippen molar-refractivity contribution < 1.29 is 24.9 Å². The van der Waals surface area contributed by atoms with Crippen molar-refractivity contribution in [2.75, 3.05) is 18.8 Å². The summed E-state index contributed by atoms with van der Waals surface area (Å²) in [5.74, 6) is -0.885. The maximum absolute atomic E-state index is 11.3. The fourth-order valence-electron chi connectivity index (χ4n) is 4.56. The Kier molecular flexibility index (Phi) is 6.55. The monoisotopic (exact) mass is 496 g/mol. The molecule has 1 fully saturated rings. The van der Waals surface area contributed by atoms with Gasteiger partial charge in [0.1, 0.15) is 36.2 Å². The van der Waals surface area contributed by atoms with E-state index in [1.165, 1.54) is 17.2 Å². The van der Waals surface area contributed by atoms with Gasteiger partial charge in [-0.25, -0.2) is 15.0 Å². The molecule has 0 radical (unpaired) electrons. The second kappa shape index (κ2) is 9.79. The Labute approximate surface area is 205 Å². The molecule has 13 heteroatoms. The van der Waals surface area contributed by atoms with E-state index >= 15 is 0 Å². The third-order valence-corrected chi connectivity index (χ3v) is 6.49. The van der Waals surface area contributed by atoms with Gasteiger partial charge in [-0.2, -0.15) is 0 Å². The number of benzene rings is 1. The SMILES string of the molecule is Nc1ncnc2c1ncn2[C@@H]1O[C@H](CN(CC[C@H](N)C(=O)O)Cc2cc3ccccc3[nH]2)[C@@H](O)[C@H]1O. The molecule has 5 atom stereocenters. The Morgan fingerprint density at radius 1 is 1.22 bits per heavy atom. The highest BCUT2D eigenvalue weighted by Gasteiger charge is 2.45. The molecule has 36 heavy (non-hydrogen) atoms. The lowest BCUT2D eigenvalue weighted by Crippen LogP contribution is -2.42. The minimum absolute atomic E-state index is 0.197. The van der Waals surface area contributed by atoms with Crippen molar-refractivity contribution in [1.29, 1.82) is 0 Å². The van der Waals surface area contributed by atoms with Gasteiger partial charge in [-0.05, 0) is 23.9 Å². The zero-order valence-electron chi connectivity index (χ0n) is 19.3. The summed E-state index contributed by atoms with van der Waals surface area (Å²) in [7, 11) is 0. The van der Waals surface area contributed by atoms with Crippen LogP contribution in [0.1, 0.15) is 18.3 Å². The van der Waals surface area contributed by atoms with Crippen LogP contribution < -0.4 is 11.5 Å². The largest absolute Gasteiger partial charge is 0.480 e. The number of H-pyrrole nitrogens is 1. The number of hydrogen-bond acceptors (Lipinski definition) is 10. The van der Waals surface area contributed by atoms with E-state index in [0.29, 0.717) is 24.3 Å². The number of para-hydroxylation sites is 1. The first kappa shape index (κ1) is 24.1. The number of carboxylic acids is 1. The molecule has 5 rings (SSSR count). The number of ether oxygens (including phenoxy) is 1. The van der Waals surface area contributed by atoms with Crippen LogP contribution in [0, 0.1) is 0 Å². The zero-order chi connectivity index (χ0) is 25.4. The second-order valence-corrected chi connectivity index (χ2v) is 8.98. The van der Waals surface area contributed by atoms with Gasteiger partial charge in [0.2, 0.25) is 0 Å². The molecule has 0 spiro atoms. The van der Waals surface area contributed by atoms with Crippen LogP contribution in [0.3, 0.4) is 0 Å². The van der Waals surface area contributed by atoms with E-state index in [-0.39, 0.29) is 18.8 Å². The van der Waals surface area contributed by atoms with Gasteiger partial charge < -0.3 is 36.5 Å². The summed E-state index contributed by atoms with van der Waals surface area (Å²) in [6.07, 6.45) is -1.24. The van der Waals surface area contributed by atoms with Gasteiger partial charge in [-0.15, -0.1) is 0 Å². The van der Waals surface area contributed by atoms with Crippen LogP contribution in [0.5, 0.6) is 0 Å². The first-order chi connectivity index (χ1) is 17.3. The van der Waals surface area contributed by atoms with Gasteiger partial charge in [0.15, 0.2) is 17.7 Å². The number of anilines is 1. The molecule has 0 bridgehead atoms. The molecule has 0 amide bonds. The minimum atomic E-state index is -1.25. The highest BCUT2D eigenvalue weighted by atomic mass is 16.6. The van der Waals surface area contributed by atoms with Crippen molar-refractivity contribution in [2.45, 2.75) is 43.5 Å². The zero-order valence-corrected chi connectivity index (χ0v) is 19.3. The van der Waals surface area contributed by atoms with E-state index in [1.54, 1.807) is 0 Å². The van der Waals surface area contributed by atoms with E-state index < -0.39 is 36.6 Å². The highest BCUT2D eigenvalue weighted by molar-refractivity contribution is 5.81. The summed E-state index contributed by atoms with van der Waals surface area (Å²) in [5, 5.41) is 31.9. The van der Waals surface area contributed by atoms with Crippen LogP contribution in [-0.2, 0) is 16.1 Å². The fourth-order valence-corrected chi connectivity index (χ4v) is 4.56. The third kappa shape index (κ3) is 4.62. The first-order valence-corrected chi connectivity index (χ1v) is 11.5. The van der Waals surface area contributed by atoms with E-state index in [0.717, 1.165) is 16.6 Å². The van der Waals surface area contributed by atoms with E-state index in [4.69, 9.17) is 16.2 Å². The number of rotatable bonds is 9.